The van der Waals surface area contributed by atoms with Crippen molar-refractivity contribution in [2.75, 3.05) is 11.9 Å². The summed E-state index contributed by atoms with van der Waals surface area (Å²) in [6.45, 7) is 4.47. The lowest BCUT2D eigenvalue weighted by atomic mass is 10.2. The minimum absolute atomic E-state index is 0.0615. The van der Waals surface area contributed by atoms with Gasteiger partial charge in [0.2, 0.25) is 0 Å². The minimum Gasteiger partial charge on any atom is -0.494 e. The molecule has 1 aliphatic rings. The summed E-state index contributed by atoms with van der Waals surface area (Å²) in [5, 5.41) is 14.2. The van der Waals surface area contributed by atoms with E-state index >= 15 is 0 Å². The van der Waals surface area contributed by atoms with Crippen LogP contribution in [0, 0.1) is 16.0 Å². The number of nitrogens with zero attached hydrogens (tertiary/aromatic N) is 1. The van der Waals surface area contributed by atoms with Gasteiger partial charge >= 0.3 is 0 Å². The maximum atomic E-state index is 10.9. The second-order valence-corrected chi connectivity index (χ2v) is 4.68. The molecule has 1 aromatic carbocycles. The highest BCUT2D eigenvalue weighted by atomic mass is 16.6. The molecule has 0 aromatic heterocycles. The van der Waals surface area contributed by atoms with Crippen molar-refractivity contribution in [1.29, 1.82) is 0 Å². The molecule has 1 N–H and O–H groups in total. The monoisotopic (exact) mass is 250 g/mol. The molecular weight excluding hydrogens is 232 g/mol. The molecule has 1 unspecified atom stereocenters. The van der Waals surface area contributed by atoms with Gasteiger partial charge in [0.15, 0.2) is 0 Å². The molecule has 0 bridgehead atoms. The van der Waals surface area contributed by atoms with E-state index in [1.54, 1.807) is 6.07 Å². The van der Waals surface area contributed by atoms with E-state index in [9.17, 15) is 10.1 Å². The van der Waals surface area contributed by atoms with Gasteiger partial charge in [-0.2, -0.15) is 0 Å². The number of nitro benzene ring substituents is 1. The van der Waals surface area contributed by atoms with Crippen molar-refractivity contribution in [1.82, 2.24) is 0 Å². The number of nitrogens with one attached hydrogen (secondary N) is 1. The zero-order valence-electron chi connectivity index (χ0n) is 10.7. The van der Waals surface area contributed by atoms with Gasteiger partial charge in [0.05, 0.1) is 17.6 Å². The Balaban J connectivity index is 2.18. The number of nitro groups is 1. The van der Waals surface area contributed by atoms with Gasteiger partial charge in [-0.3, -0.25) is 10.1 Å². The number of non-ortho nitro benzene ring substituents is 1. The highest BCUT2D eigenvalue weighted by Gasteiger charge is 2.28. The summed E-state index contributed by atoms with van der Waals surface area (Å²) < 4.78 is 5.35. The third-order valence-electron chi connectivity index (χ3n) is 3.14. The topological polar surface area (TPSA) is 64.4 Å². The van der Waals surface area contributed by atoms with Crippen LogP contribution in [0.2, 0.25) is 0 Å². The van der Waals surface area contributed by atoms with Gasteiger partial charge in [-0.25, -0.2) is 0 Å². The first-order valence-corrected chi connectivity index (χ1v) is 6.29. The summed E-state index contributed by atoms with van der Waals surface area (Å²) in [7, 11) is 0. The zero-order chi connectivity index (χ0) is 13.1. The largest absolute Gasteiger partial charge is 0.494 e. The lowest BCUT2D eigenvalue weighted by Gasteiger charge is -2.15. The molecule has 98 valence electrons. The lowest BCUT2D eigenvalue weighted by molar-refractivity contribution is -0.384. The Bertz CT molecular complexity index is 444. The number of hydrogen-bond donors (Lipinski definition) is 1. The number of hydrogen-bond acceptors (Lipinski definition) is 4. The summed E-state index contributed by atoms with van der Waals surface area (Å²) in [4.78, 5) is 10.5. The third-order valence-corrected chi connectivity index (χ3v) is 3.14. The molecule has 0 heterocycles. The molecule has 2 rings (SSSR count). The fourth-order valence-corrected chi connectivity index (χ4v) is 2.00. The number of benzene rings is 1. The van der Waals surface area contributed by atoms with Crippen molar-refractivity contribution < 1.29 is 9.66 Å². The fraction of sp³-hybridized carbons (Fsp3) is 0.538. The summed E-state index contributed by atoms with van der Waals surface area (Å²) in [5.41, 5.74) is 0.818. The number of anilines is 1. The van der Waals surface area contributed by atoms with Gasteiger partial charge in [-0.15, -0.1) is 0 Å². The Labute approximate surface area is 106 Å². The Morgan fingerprint density at radius 2 is 2.22 bits per heavy atom. The standard InChI is InChI=1S/C13H18N2O3/c1-3-18-13-7-11(6-12(8-13)15(16)17)14-9(2)10-4-5-10/h6-10,14H,3-5H2,1-2H3. The van der Waals surface area contributed by atoms with Crippen LogP contribution in [0.1, 0.15) is 26.7 Å². The molecule has 1 aliphatic carbocycles. The average Bonchev–Trinajstić information content (AvgIpc) is 3.12. The first kappa shape index (κ1) is 12.7. The molecule has 0 saturated heterocycles. The Morgan fingerprint density at radius 3 is 2.78 bits per heavy atom. The van der Waals surface area contributed by atoms with E-state index in [4.69, 9.17) is 4.74 Å². The fourth-order valence-electron chi connectivity index (χ4n) is 2.00. The summed E-state index contributed by atoms with van der Waals surface area (Å²) in [5.74, 6) is 1.23. The molecule has 1 fully saturated rings. The van der Waals surface area contributed by atoms with E-state index in [0.717, 1.165) is 5.69 Å². The third kappa shape index (κ3) is 3.12. The van der Waals surface area contributed by atoms with Crippen LogP contribution < -0.4 is 10.1 Å². The maximum Gasteiger partial charge on any atom is 0.275 e. The van der Waals surface area contributed by atoms with Gasteiger partial charge in [0.25, 0.3) is 5.69 Å². The molecular formula is C13H18N2O3. The molecule has 0 amide bonds. The lowest BCUT2D eigenvalue weighted by Crippen LogP contribution is -2.17. The quantitative estimate of drug-likeness (QED) is 0.622. The van der Waals surface area contributed by atoms with Crippen molar-refractivity contribution in [3.8, 4) is 5.75 Å². The van der Waals surface area contributed by atoms with E-state index in [1.165, 1.54) is 18.9 Å². The summed E-state index contributed by atoms with van der Waals surface area (Å²) in [6, 6.07) is 5.18. The van der Waals surface area contributed by atoms with Crippen molar-refractivity contribution in [2.45, 2.75) is 32.7 Å². The molecule has 0 radical (unpaired) electrons. The number of ether oxygens (including phenoxy) is 1. The molecule has 1 saturated carbocycles. The van der Waals surface area contributed by atoms with E-state index in [-0.39, 0.29) is 5.69 Å². The van der Waals surface area contributed by atoms with Gasteiger partial charge in [0, 0.05) is 23.9 Å². The van der Waals surface area contributed by atoms with Crippen LogP contribution in [-0.4, -0.2) is 17.6 Å². The van der Waals surface area contributed by atoms with Crippen LogP contribution in [0.3, 0.4) is 0 Å². The van der Waals surface area contributed by atoms with Crippen molar-refractivity contribution in [2.24, 2.45) is 5.92 Å². The average molecular weight is 250 g/mol. The molecule has 0 aliphatic heterocycles. The molecule has 0 spiro atoms. The van der Waals surface area contributed by atoms with Crippen molar-refractivity contribution in [3.63, 3.8) is 0 Å². The van der Waals surface area contributed by atoms with Gasteiger partial charge in [0.1, 0.15) is 5.75 Å². The van der Waals surface area contributed by atoms with Crippen LogP contribution in [-0.2, 0) is 0 Å². The van der Waals surface area contributed by atoms with Crippen LogP contribution in [0.5, 0.6) is 5.75 Å². The predicted octanol–water partition coefficient (Wildman–Crippen LogP) is 3.20. The normalized spacial score (nSPS) is 16.1. The zero-order valence-corrected chi connectivity index (χ0v) is 10.7. The first-order valence-electron chi connectivity index (χ1n) is 6.29. The first-order chi connectivity index (χ1) is 8.60. The molecule has 1 atom stereocenters. The van der Waals surface area contributed by atoms with Crippen LogP contribution in [0.25, 0.3) is 0 Å². The second-order valence-electron chi connectivity index (χ2n) is 4.68. The number of rotatable bonds is 6. The molecule has 5 heteroatoms. The SMILES string of the molecule is CCOc1cc(NC(C)C2CC2)cc([N+](=O)[O-])c1. The minimum atomic E-state index is -0.393. The smallest absolute Gasteiger partial charge is 0.275 e. The van der Waals surface area contributed by atoms with E-state index in [0.29, 0.717) is 24.3 Å². The highest BCUT2D eigenvalue weighted by Crippen LogP contribution is 2.35. The molecule has 5 nitrogen and oxygen atoms in total. The van der Waals surface area contributed by atoms with E-state index < -0.39 is 4.92 Å². The Kier molecular flexibility index (Phi) is 3.69. The van der Waals surface area contributed by atoms with Gasteiger partial charge < -0.3 is 10.1 Å². The van der Waals surface area contributed by atoms with Crippen LogP contribution in [0.15, 0.2) is 18.2 Å². The highest BCUT2D eigenvalue weighted by molar-refractivity contribution is 5.56. The van der Waals surface area contributed by atoms with Crippen molar-refractivity contribution >= 4 is 11.4 Å². The Hall–Kier alpha value is -1.78. The Morgan fingerprint density at radius 1 is 1.50 bits per heavy atom. The maximum absolute atomic E-state index is 10.9. The van der Waals surface area contributed by atoms with E-state index in [1.807, 2.05) is 13.0 Å². The van der Waals surface area contributed by atoms with Crippen LogP contribution in [0.4, 0.5) is 11.4 Å². The molecule has 1 aromatic rings. The van der Waals surface area contributed by atoms with Gasteiger partial charge in [-0.1, -0.05) is 0 Å². The second kappa shape index (κ2) is 5.25. The molecule has 18 heavy (non-hydrogen) atoms. The van der Waals surface area contributed by atoms with E-state index in [2.05, 4.69) is 12.2 Å². The van der Waals surface area contributed by atoms with Crippen molar-refractivity contribution in [3.05, 3.63) is 28.3 Å². The summed E-state index contributed by atoms with van der Waals surface area (Å²) >= 11 is 0. The van der Waals surface area contributed by atoms with Gasteiger partial charge in [-0.05, 0) is 32.6 Å². The summed E-state index contributed by atoms with van der Waals surface area (Å²) in [6.07, 6.45) is 2.48. The van der Waals surface area contributed by atoms with Crippen LogP contribution >= 0.6 is 0 Å². The predicted molar refractivity (Wildman–Crippen MR) is 70.1 cm³/mol.